The van der Waals surface area contributed by atoms with Gasteiger partial charge in [-0.2, -0.15) is 0 Å². The largest absolute Gasteiger partial charge is 0.354 e. The first kappa shape index (κ1) is 14.8. The van der Waals surface area contributed by atoms with Crippen LogP contribution in [0.25, 0.3) is 27.2 Å². The summed E-state index contributed by atoms with van der Waals surface area (Å²) < 4.78 is 0. The number of aromatic nitrogens is 1. The lowest BCUT2D eigenvalue weighted by atomic mass is 9.74. The third kappa shape index (κ3) is 2.12. The van der Waals surface area contributed by atoms with Gasteiger partial charge in [-0.25, -0.2) is 0 Å². The Morgan fingerprint density at radius 2 is 1.56 bits per heavy atom. The minimum atomic E-state index is 0.386. The standard InChI is InChI=1S/C26H19N/c1-2-8-17(9-3-1)22-16-19-11-5-7-13-21(19)25-24-20-12-6-4-10-18(20)14-15-23(24)27-26(22)25/h1-16,19,21,27H. The maximum atomic E-state index is 3.76. The Bertz CT molecular complexity index is 1270. The molecule has 0 amide bonds. The second-order valence-electron chi connectivity index (χ2n) is 7.44. The Labute approximate surface area is 158 Å². The Balaban J connectivity index is 1.73. The Hall–Kier alpha value is -3.32. The highest BCUT2D eigenvalue weighted by Crippen LogP contribution is 2.47. The van der Waals surface area contributed by atoms with Gasteiger partial charge in [0, 0.05) is 28.3 Å². The van der Waals surface area contributed by atoms with Gasteiger partial charge in [0.2, 0.25) is 0 Å². The van der Waals surface area contributed by atoms with Crippen molar-refractivity contribution in [2.24, 2.45) is 5.92 Å². The van der Waals surface area contributed by atoms with Gasteiger partial charge in [0.15, 0.2) is 0 Å². The monoisotopic (exact) mass is 345 g/mol. The summed E-state index contributed by atoms with van der Waals surface area (Å²) in [5, 5.41) is 4.01. The molecule has 0 saturated carbocycles. The van der Waals surface area contributed by atoms with E-state index in [0.717, 1.165) is 0 Å². The lowest BCUT2D eigenvalue weighted by Gasteiger charge is -2.29. The number of hydrogen-bond acceptors (Lipinski definition) is 0. The van der Waals surface area contributed by atoms with Crippen molar-refractivity contribution < 1.29 is 0 Å². The van der Waals surface area contributed by atoms with Crippen LogP contribution in [0.5, 0.6) is 0 Å². The van der Waals surface area contributed by atoms with Crippen molar-refractivity contribution in [3.8, 4) is 0 Å². The third-order valence-corrected chi connectivity index (χ3v) is 5.95. The van der Waals surface area contributed by atoms with Crippen molar-refractivity contribution in [3.05, 3.63) is 114 Å². The number of rotatable bonds is 1. The summed E-state index contributed by atoms with van der Waals surface area (Å²) in [5.74, 6) is 0.785. The molecular formula is C26H19N. The highest BCUT2D eigenvalue weighted by atomic mass is 14.7. The number of hydrogen-bond donors (Lipinski definition) is 1. The summed E-state index contributed by atoms with van der Waals surface area (Å²) in [4.78, 5) is 3.76. The fourth-order valence-electron chi connectivity index (χ4n) is 4.74. The van der Waals surface area contributed by atoms with Gasteiger partial charge in [-0.3, -0.25) is 0 Å². The topological polar surface area (TPSA) is 15.8 Å². The first-order chi connectivity index (χ1) is 13.4. The second-order valence-corrected chi connectivity index (χ2v) is 7.44. The summed E-state index contributed by atoms with van der Waals surface area (Å²) >= 11 is 0. The number of benzene rings is 3. The molecule has 0 saturated heterocycles. The minimum absolute atomic E-state index is 0.386. The highest BCUT2D eigenvalue weighted by Gasteiger charge is 2.32. The molecule has 1 aromatic heterocycles. The van der Waals surface area contributed by atoms with Gasteiger partial charge in [-0.15, -0.1) is 0 Å². The van der Waals surface area contributed by atoms with Crippen molar-refractivity contribution in [2.75, 3.05) is 0 Å². The molecule has 4 aromatic rings. The summed E-state index contributed by atoms with van der Waals surface area (Å²) in [6.45, 7) is 0. The van der Waals surface area contributed by atoms with Crippen LogP contribution in [0.4, 0.5) is 0 Å². The van der Waals surface area contributed by atoms with Gasteiger partial charge >= 0.3 is 0 Å². The molecule has 27 heavy (non-hydrogen) atoms. The number of aromatic amines is 1. The summed E-state index contributed by atoms with van der Waals surface area (Å²) in [6, 6.07) is 23.9. The average molecular weight is 345 g/mol. The summed E-state index contributed by atoms with van der Waals surface area (Å²) in [7, 11) is 0. The first-order valence-corrected chi connectivity index (χ1v) is 9.56. The molecule has 0 spiro atoms. The summed E-state index contributed by atoms with van der Waals surface area (Å²) in [6.07, 6.45) is 11.5. The first-order valence-electron chi connectivity index (χ1n) is 9.56. The van der Waals surface area contributed by atoms with Crippen LogP contribution >= 0.6 is 0 Å². The molecule has 2 unspecified atom stereocenters. The van der Waals surface area contributed by atoms with E-state index < -0.39 is 0 Å². The maximum Gasteiger partial charge on any atom is 0.0507 e. The van der Waals surface area contributed by atoms with Crippen molar-refractivity contribution in [3.63, 3.8) is 0 Å². The van der Waals surface area contributed by atoms with E-state index in [1.807, 2.05) is 0 Å². The molecule has 0 bridgehead atoms. The van der Waals surface area contributed by atoms with Crippen LogP contribution in [-0.2, 0) is 0 Å². The third-order valence-electron chi connectivity index (χ3n) is 5.95. The lowest BCUT2D eigenvalue weighted by Crippen LogP contribution is -2.15. The minimum Gasteiger partial charge on any atom is -0.354 e. The zero-order valence-corrected chi connectivity index (χ0v) is 14.9. The number of nitrogens with one attached hydrogen (secondary N) is 1. The molecule has 2 aliphatic carbocycles. The van der Waals surface area contributed by atoms with Gasteiger partial charge < -0.3 is 4.98 Å². The molecule has 3 aromatic carbocycles. The molecule has 1 heterocycles. The van der Waals surface area contributed by atoms with Crippen LogP contribution in [0.15, 0.2) is 97.1 Å². The predicted octanol–water partition coefficient (Wildman–Crippen LogP) is 6.59. The van der Waals surface area contributed by atoms with Crippen LogP contribution in [0.2, 0.25) is 0 Å². The molecule has 6 rings (SSSR count). The fraction of sp³-hybridized carbons (Fsp3) is 0.0769. The van der Waals surface area contributed by atoms with Crippen LogP contribution in [-0.4, -0.2) is 4.98 Å². The molecule has 1 heteroatoms. The average Bonchev–Trinajstić information content (AvgIpc) is 3.14. The van der Waals surface area contributed by atoms with E-state index in [4.69, 9.17) is 0 Å². The van der Waals surface area contributed by atoms with Gasteiger partial charge in [-0.05, 0) is 28.0 Å². The predicted molar refractivity (Wildman–Crippen MR) is 114 cm³/mol. The van der Waals surface area contributed by atoms with E-state index in [1.54, 1.807) is 0 Å². The van der Waals surface area contributed by atoms with Gasteiger partial charge in [0.25, 0.3) is 0 Å². The lowest BCUT2D eigenvalue weighted by molar-refractivity contribution is 0.693. The smallest absolute Gasteiger partial charge is 0.0507 e. The number of H-pyrrole nitrogens is 1. The van der Waals surface area contributed by atoms with E-state index >= 15 is 0 Å². The van der Waals surface area contributed by atoms with Gasteiger partial charge in [0.05, 0.1) is 5.69 Å². The molecule has 2 atom stereocenters. The van der Waals surface area contributed by atoms with E-state index in [0.29, 0.717) is 11.8 Å². The SMILES string of the molecule is C1=CC2C=C(c3ccccc3)c3[nH]c4ccc5ccccc5c4c3C2C=C1. The van der Waals surface area contributed by atoms with Gasteiger partial charge in [-0.1, -0.05) is 91.0 Å². The van der Waals surface area contributed by atoms with Crippen LogP contribution in [0.1, 0.15) is 22.7 Å². The number of allylic oxidation sites excluding steroid dienone is 5. The van der Waals surface area contributed by atoms with Crippen molar-refractivity contribution in [2.45, 2.75) is 5.92 Å². The quantitative estimate of drug-likeness (QED) is 0.400. The van der Waals surface area contributed by atoms with Crippen molar-refractivity contribution in [1.82, 2.24) is 4.98 Å². The normalized spacial score (nSPS) is 20.5. The van der Waals surface area contributed by atoms with Crippen LogP contribution in [0, 0.1) is 5.92 Å². The van der Waals surface area contributed by atoms with Crippen molar-refractivity contribution in [1.29, 1.82) is 0 Å². The molecule has 1 nitrogen and oxygen atoms in total. The Morgan fingerprint density at radius 1 is 0.741 bits per heavy atom. The van der Waals surface area contributed by atoms with E-state index in [-0.39, 0.29) is 0 Å². The van der Waals surface area contributed by atoms with Crippen LogP contribution < -0.4 is 0 Å². The molecular weight excluding hydrogens is 326 g/mol. The van der Waals surface area contributed by atoms with Gasteiger partial charge in [0.1, 0.15) is 0 Å². The molecule has 2 aliphatic rings. The van der Waals surface area contributed by atoms with E-state index in [9.17, 15) is 0 Å². The molecule has 1 N–H and O–H groups in total. The van der Waals surface area contributed by atoms with Crippen molar-refractivity contribution >= 4 is 27.2 Å². The Morgan fingerprint density at radius 3 is 2.48 bits per heavy atom. The molecule has 0 fully saturated rings. The zero-order chi connectivity index (χ0) is 17.8. The Kier molecular flexibility index (Phi) is 3.06. The maximum absolute atomic E-state index is 3.76. The van der Waals surface area contributed by atoms with Crippen LogP contribution in [0.3, 0.4) is 0 Å². The fourth-order valence-corrected chi connectivity index (χ4v) is 4.74. The molecule has 0 aliphatic heterocycles. The van der Waals surface area contributed by atoms with E-state index in [2.05, 4.69) is 102 Å². The molecule has 128 valence electrons. The van der Waals surface area contributed by atoms with E-state index in [1.165, 1.54) is 44.1 Å². The summed E-state index contributed by atoms with van der Waals surface area (Å²) in [5.41, 5.74) is 6.52. The highest BCUT2D eigenvalue weighted by molar-refractivity contribution is 6.11. The zero-order valence-electron chi connectivity index (χ0n) is 14.9. The molecule has 0 radical (unpaired) electrons. The second kappa shape index (κ2) is 5.59. The number of fused-ring (bicyclic) bond motifs is 7.